The first-order valence-electron chi connectivity index (χ1n) is 24.8. The van der Waals surface area contributed by atoms with Gasteiger partial charge in [-0.15, -0.1) is 0 Å². The Morgan fingerprint density at radius 3 is 0.931 bits per heavy atom. The summed E-state index contributed by atoms with van der Waals surface area (Å²) in [7, 11) is 0. The molecule has 0 fully saturated rings. The van der Waals surface area contributed by atoms with Crippen molar-refractivity contribution < 1.29 is 0 Å². The Morgan fingerprint density at radius 1 is 0.222 bits per heavy atom. The fraction of sp³-hybridized carbons (Fsp3) is 0.0294. The third-order valence-corrected chi connectivity index (χ3v) is 15.2. The summed E-state index contributed by atoms with van der Waals surface area (Å²) in [5, 5.41) is 9.44. The van der Waals surface area contributed by atoms with Gasteiger partial charge in [-0.3, -0.25) is 0 Å². The molecule has 334 valence electrons. The van der Waals surface area contributed by atoms with Crippen molar-refractivity contribution >= 4 is 43.1 Å². The number of benzene rings is 11. The molecule has 0 N–H and O–H groups in total. The van der Waals surface area contributed by atoms with Crippen molar-refractivity contribution in [2.24, 2.45) is 0 Å². The van der Waals surface area contributed by atoms with Crippen LogP contribution >= 0.6 is 0 Å². The normalized spacial score (nSPS) is 14.4. The zero-order chi connectivity index (χ0) is 47.3. The van der Waals surface area contributed by atoms with Crippen molar-refractivity contribution in [1.82, 2.24) is 19.9 Å². The van der Waals surface area contributed by atoms with E-state index in [2.05, 4.69) is 231 Å². The average molecular weight is 915 g/mol. The van der Waals surface area contributed by atoms with E-state index in [1.54, 1.807) is 0 Å². The maximum Gasteiger partial charge on any atom is 0.160 e. The van der Waals surface area contributed by atoms with E-state index >= 15 is 0 Å². The molecule has 16 rings (SSSR count). The van der Waals surface area contributed by atoms with Crippen LogP contribution in [0.15, 0.2) is 243 Å². The van der Waals surface area contributed by atoms with Gasteiger partial charge in [0, 0.05) is 45.2 Å². The summed E-state index contributed by atoms with van der Waals surface area (Å²) in [6, 6.07) is 87.5. The lowest BCUT2D eigenvalue weighted by Crippen LogP contribution is -2.27. The fourth-order valence-electron chi connectivity index (χ4n) is 12.0. The van der Waals surface area contributed by atoms with E-state index in [0.717, 1.165) is 56.2 Å². The number of nitrogens with zero attached hydrogens (tertiary/aromatic N) is 4. The first-order valence-corrected chi connectivity index (χ1v) is 24.8. The minimum absolute atomic E-state index is 0.0463. The van der Waals surface area contributed by atoms with Gasteiger partial charge in [0.25, 0.3) is 0 Å². The summed E-state index contributed by atoms with van der Waals surface area (Å²) in [5.41, 5.74) is 18.0. The molecule has 2 aromatic heterocycles. The molecule has 0 saturated heterocycles. The molecule has 2 unspecified atom stereocenters. The third-order valence-electron chi connectivity index (χ3n) is 15.2. The van der Waals surface area contributed by atoms with Crippen LogP contribution in [0.4, 0.5) is 0 Å². The Balaban J connectivity index is 0.896. The summed E-state index contributed by atoms with van der Waals surface area (Å²) in [6.45, 7) is 0. The van der Waals surface area contributed by atoms with Crippen LogP contribution in [-0.4, -0.2) is 19.9 Å². The molecular formula is C68H42N4. The molecule has 0 saturated carbocycles. The van der Waals surface area contributed by atoms with Crippen molar-refractivity contribution in [2.45, 2.75) is 11.8 Å². The lowest BCUT2D eigenvalue weighted by atomic mass is 9.60. The van der Waals surface area contributed by atoms with Crippen LogP contribution in [-0.2, 0) is 0 Å². The number of hydrogen-bond donors (Lipinski definition) is 0. The Labute approximate surface area is 416 Å². The van der Waals surface area contributed by atoms with Crippen molar-refractivity contribution in [2.75, 3.05) is 0 Å². The van der Waals surface area contributed by atoms with Crippen LogP contribution in [0.2, 0.25) is 0 Å². The molecule has 0 spiro atoms. The maximum absolute atomic E-state index is 5.37. The molecule has 3 aliphatic rings. The monoisotopic (exact) mass is 914 g/mol. The molecule has 0 radical (unpaired) electrons. The standard InChI is InChI=1S/C68H42N4/c1-3-17-41(18-4-1)67-69-59(39-61(71-67)65-49-25-11-7-21-43(49)35-44-22-8-12-26-50(44)65)47-31-33-55-57(37-47)63-53-29-15-16-30-54(53)64(55)58-38-48(32-34-56(58)63)60-40-62(72-68(70-60)42-19-5-2-6-20-42)66-51-27-13-9-23-45(51)36-46-24-10-14-28-52(46)66/h1-40,63-64H. The second-order valence-electron chi connectivity index (χ2n) is 19.2. The van der Waals surface area contributed by atoms with Crippen LogP contribution in [0.3, 0.4) is 0 Å². The van der Waals surface area contributed by atoms with E-state index < -0.39 is 0 Å². The van der Waals surface area contributed by atoms with Gasteiger partial charge in [0.2, 0.25) is 0 Å². The van der Waals surface area contributed by atoms with Gasteiger partial charge in [0.15, 0.2) is 11.6 Å². The maximum atomic E-state index is 5.37. The number of hydrogen-bond acceptors (Lipinski definition) is 4. The Bertz CT molecular complexity index is 3960. The molecule has 2 bridgehead atoms. The predicted molar refractivity (Wildman–Crippen MR) is 295 cm³/mol. The highest BCUT2D eigenvalue weighted by Gasteiger charge is 2.41. The Kier molecular flexibility index (Phi) is 9.05. The number of fused-ring (bicyclic) bond motifs is 4. The molecule has 11 aromatic carbocycles. The van der Waals surface area contributed by atoms with E-state index in [1.165, 1.54) is 76.5 Å². The van der Waals surface area contributed by atoms with Crippen LogP contribution in [0.25, 0.3) is 111 Å². The molecule has 13 aromatic rings. The number of aromatic nitrogens is 4. The van der Waals surface area contributed by atoms with Gasteiger partial charge in [-0.1, -0.05) is 206 Å². The van der Waals surface area contributed by atoms with Crippen molar-refractivity contribution in [3.8, 4) is 67.8 Å². The van der Waals surface area contributed by atoms with Gasteiger partial charge in [-0.05, 0) is 113 Å². The molecule has 4 heteroatoms. The van der Waals surface area contributed by atoms with Crippen LogP contribution in [0, 0.1) is 0 Å². The van der Waals surface area contributed by atoms with Gasteiger partial charge >= 0.3 is 0 Å². The highest BCUT2D eigenvalue weighted by Crippen LogP contribution is 2.57. The zero-order valence-electron chi connectivity index (χ0n) is 39.0. The molecule has 2 atom stereocenters. The number of rotatable bonds is 6. The smallest absolute Gasteiger partial charge is 0.160 e. The van der Waals surface area contributed by atoms with Gasteiger partial charge in [-0.25, -0.2) is 19.9 Å². The van der Waals surface area contributed by atoms with Crippen molar-refractivity contribution in [3.05, 3.63) is 276 Å². The summed E-state index contributed by atoms with van der Waals surface area (Å²) in [4.78, 5) is 21.5. The minimum atomic E-state index is 0.0463. The van der Waals surface area contributed by atoms with Crippen LogP contribution < -0.4 is 0 Å². The molecule has 72 heavy (non-hydrogen) atoms. The highest BCUT2D eigenvalue weighted by molar-refractivity contribution is 6.13. The van der Waals surface area contributed by atoms with Gasteiger partial charge < -0.3 is 0 Å². The van der Waals surface area contributed by atoms with Gasteiger partial charge in [0.1, 0.15) is 0 Å². The highest BCUT2D eigenvalue weighted by atomic mass is 14.9. The van der Waals surface area contributed by atoms with Gasteiger partial charge in [-0.2, -0.15) is 0 Å². The first-order chi connectivity index (χ1) is 35.7. The Hall–Kier alpha value is -9.38. The molecular weight excluding hydrogens is 873 g/mol. The second kappa shape index (κ2) is 16.1. The largest absolute Gasteiger partial charge is 0.228 e. The lowest BCUT2D eigenvalue weighted by Gasteiger charge is -2.42. The topological polar surface area (TPSA) is 51.6 Å². The zero-order valence-corrected chi connectivity index (χ0v) is 39.0. The second-order valence-corrected chi connectivity index (χ2v) is 19.2. The third kappa shape index (κ3) is 6.39. The summed E-state index contributed by atoms with van der Waals surface area (Å²) in [6.07, 6.45) is 0. The molecule has 0 amide bonds. The van der Waals surface area contributed by atoms with E-state index in [-0.39, 0.29) is 11.8 Å². The van der Waals surface area contributed by atoms with Crippen LogP contribution in [0.5, 0.6) is 0 Å². The predicted octanol–water partition coefficient (Wildman–Crippen LogP) is 16.9. The van der Waals surface area contributed by atoms with Crippen molar-refractivity contribution in [3.63, 3.8) is 0 Å². The fourth-order valence-corrected chi connectivity index (χ4v) is 12.0. The van der Waals surface area contributed by atoms with Gasteiger partial charge in [0.05, 0.1) is 22.8 Å². The molecule has 0 aliphatic heterocycles. The SMILES string of the molecule is c1ccc(-c2nc(-c3ccc4c(c3)C3c5ccccc5C4c4cc(-c5cc(-c6c7ccccc7cc7ccccc67)nc(-c6ccccc6)n5)ccc43)cc(-c3c4ccccc4cc4ccccc34)n2)cc1. The first kappa shape index (κ1) is 40.5. The summed E-state index contributed by atoms with van der Waals surface area (Å²) in [5.74, 6) is 1.51. The van der Waals surface area contributed by atoms with E-state index in [9.17, 15) is 0 Å². The minimum Gasteiger partial charge on any atom is -0.228 e. The van der Waals surface area contributed by atoms with Crippen LogP contribution in [0.1, 0.15) is 45.2 Å². The van der Waals surface area contributed by atoms with E-state index in [1.807, 2.05) is 12.1 Å². The molecule has 2 heterocycles. The average Bonchev–Trinajstić information content (AvgIpc) is 3.45. The summed E-state index contributed by atoms with van der Waals surface area (Å²) < 4.78 is 0. The van der Waals surface area contributed by atoms with E-state index in [4.69, 9.17) is 19.9 Å². The Morgan fingerprint density at radius 2 is 0.542 bits per heavy atom. The summed E-state index contributed by atoms with van der Waals surface area (Å²) >= 11 is 0. The quantitative estimate of drug-likeness (QED) is 0.156. The lowest BCUT2D eigenvalue weighted by molar-refractivity contribution is 0.755. The van der Waals surface area contributed by atoms with Crippen molar-refractivity contribution in [1.29, 1.82) is 0 Å². The molecule has 3 aliphatic carbocycles. The van der Waals surface area contributed by atoms with E-state index in [0.29, 0.717) is 11.6 Å². The molecule has 4 nitrogen and oxygen atoms in total.